The molecule has 0 aliphatic carbocycles. The highest BCUT2D eigenvalue weighted by Gasteiger charge is 1.89. The third kappa shape index (κ3) is 7.70. The summed E-state index contributed by atoms with van der Waals surface area (Å²) in [6.45, 7) is 6.04. The fourth-order valence-corrected chi connectivity index (χ4v) is 0.548. The van der Waals surface area contributed by atoms with E-state index in [2.05, 4.69) is 19.9 Å². The zero-order valence-corrected chi connectivity index (χ0v) is 6.46. The molecule has 1 heteroatoms. The average molecular weight is 128 g/mol. The molecule has 0 radical (unpaired) electrons. The molecule has 0 spiro atoms. The van der Waals surface area contributed by atoms with Gasteiger partial charge in [0.2, 0.25) is 0 Å². The lowest BCUT2D eigenvalue weighted by molar-refractivity contribution is 0.198. The van der Waals surface area contributed by atoms with Crippen LogP contribution in [0.2, 0.25) is 0 Å². The van der Waals surface area contributed by atoms with Crippen LogP contribution in [0.5, 0.6) is 0 Å². The van der Waals surface area contributed by atoms with Crippen molar-refractivity contribution in [3.8, 4) is 0 Å². The monoisotopic (exact) mass is 128 g/mol. The van der Waals surface area contributed by atoms with Crippen LogP contribution >= 0.6 is 0 Å². The number of hydrogen-bond donors (Lipinski definition) is 1. The molecular weight excluding hydrogens is 112 g/mol. The lowest BCUT2D eigenvalue weighted by Gasteiger charge is -1.97. The van der Waals surface area contributed by atoms with Crippen LogP contribution in [0, 0.1) is 5.92 Å². The van der Waals surface area contributed by atoms with Crippen molar-refractivity contribution < 1.29 is 5.11 Å². The molecule has 0 aromatic heterocycles. The Hall–Kier alpha value is -0.300. The first kappa shape index (κ1) is 8.70. The van der Waals surface area contributed by atoms with Crippen LogP contribution < -0.4 is 0 Å². The molecule has 1 N–H and O–H groups in total. The van der Waals surface area contributed by atoms with Crippen molar-refractivity contribution in [3.05, 3.63) is 12.2 Å². The maximum absolute atomic E-state index is 8.81. The van der Waals surface area contributed by atoms with E-state index < -0.39 is 0 Å². The van der Waals surface area contributed by atoms with Crippen LogP contribution in [0.1, 0.15) is 27.2 Å². The first-order chi connectivity index (χ1) is 4.13. The quantitative estimate of drug-likeness (QED) is 0.576. The van der Waals surface area contributed by atoms with E-state index in [1.165, 1.54) is 0 Å². The Kier molecular flexibility index (Phi) is 4.41. The minimum Gasteiger partial charge on any atom is -0.393 e. The second-order valence-electron chi connectivity index (χ2n) is 2.76. The van der Waals surface area contributed by atoms with Crippen molar-refractivity contribution in [1.82, 2.24) is 0 Å². The topological polar surface area (TPSA) is 20.2 Å². The van der Waals surface area contributed by atoms with E-state index in [1.54, 1.807) is 6.92 Å². The Balaban J connectivity index is 3.25. The van der Waals surface area contributed by atoms with Gasteiger partial charge >= 0.3 is 0 Å². The Labute approximate surface area is 57.4 Å². The standard InChI is InChI=1S/C8H16O/c1-7(2)5-4-6-8(3)9/h4-5,7-9H,6H2,1-3H3/t8-/m1/s1. The van der Waals surface area contributed by atoms with Gasteiger partial charge in [-0.15, -0.1) is 0 Å². The molecular formula is C8H16O. The molecule has 54 valence electrons. The zero-order valence-electron chi connectivity index (χ0n) is 6.46. The van der Waals surface area contributed by atoms with Crippen LogP contribution in [-0.4, -0.2) is 11.2 Å². The molecule has 0 amide bonds. The van der Waals surface area contributed by atoms with Crippen molar-refractivity contribution in [2.24, 2.45) is 5.92 Å². The lowest BCUT2D eigenvalue weighted by Crippen LogP contribution is -1.95. The van der Waals surface area contributed by atoms with Gasteiger partial charge in [-0.25, -0.2) is 0 Å². The highest BCUT2D eigenvalue weighted by molar-refractivity contribution is 4.85. The van der Waals surface area contributed by atoms with Crippen molar-refractivity contribution >= 4 is 0 Å². The van der Waals surface area contributed by atoms with E-state index in [9.17, 15) is 0 Å². The number of rotatable bonds is 3. The van der Waals surface area contributed by atoms with Gasteiger partial charge in [-0.05, 0) is 19.3 Å². The third-order valence-electron chi connectivity index (χ3n) is 0.998. The van der Waals surface area contributed by atoms with Gasteiger partial charge in [0.05, 0.1) is 6.10 Å². The summed E-state index contributed by atoms with van der Waals surface area (Å²) >= 11 is 0. The van der Waals surface area contributed by atoms with Crippen molar-refractivity contribution in [3.63, 3.8) is 0 Å². The van der Waals surface area contributed by atoms with Gasteiger partial charge in [-0.3, -0.25) is 0 Å². The predicted molar refractivity (Wildman–Crippen MR) is 40.3 cm³/mol. The van der Waals surface area contributed by atoms with E-state index in [1.807, 2.05) is 6.08 Å². The van der Waals surface area contributed by atoms with Crippen LogP contribution in [0.4, 0.5) is 0 Å². The van der Waals surface area contributed by atoms with Crippen LogP contribution in [-0.2, 0) is 0 Å². The van der Waals surface area contributed by atoms with Gasteiger partial charge < -0.3 is 5.11 Å². The molecule has 0 fully saturated rings. The molecule has 0 aliphatic rings. The summed E-state index contributed by atoms with van der Waals surface area (Å²) in [5.74, 6) is 0.601. The van der Waals surface area contributed by atoms with Gasteiger partial charge in [0.25, 0.3) is 0 Å². The summed E-state index contributed by atoms with van der Waals surface area (Å²) in [4.78, 5) is 0. The Morgan fingerprint density at radius 3 is 2.22 bits per heavy atom. The molecule has 0 aliphatic heterocycles. The van der Waals surface area contributed by atoms with Gasteiger partial charge in [0.1, 0.15) is 0 Å². The maximum Gasteiger partial charge on any atom is 0.0546 e. The Bertz CT molecular complexity index is 82.6. The first-order valence-corrected chi connectivity index (χ1v) is 3.47. The van der Waals surface area contributed by atoms with E-state index in [0.29, 0.717) is 5.92 Å². The largest absolute Gasteiger partial charge is 0.393 e. The second-order valence-corrected chi connectivity index (χ2v) is 2.76. The molecule has 0 aromatic rings. The van der Waals surface area contributed by atoms with Gasteiger partial charge in [0.15, 0.2) is 0 Å². The molecule has 0 saturated heterocycles. The molecule has 0 saturated carbocycles. The highest BCUT2D eigenvalue weighted by atomic mass is 16.3. The number of allylic oxidation sites excluding steroid dienone is 1. The minimum atomic E-state index is -0.194. The molecule has 9 heavy (non-hydrogen) atoms. The van der Waals surface area contributed by atoms with Gasteiger partial charge in [0, 0.05) is 0 Å². The van der Waals surface area contributed by atoms with Gasteiger partial charge in [-0.2, -0.15) is 0 Å². The van der Waals surface area contributed by atoms with Crippen LogP contribution in [0.25, 0.3) is 0 Å². The van der Waals surface area contributed by atoms with E-state index in [-0.39, 0.29) is 6.10 Å². The summed E-state index contributed by atoms with van der Waals surface area (Å²) < 4.78 is 0. The number of hydrogen-bond acceptors (Lipinski definition) is 1. The fraction of sp³-hybridized carbons (Fsp3) is 0.750. The molecule has 0 rings (SSSR count). The predicted octanol–water partition coefficient (Wildman–Crippen LogP) is 1.97. The summed E-state index contributed by atoms with van der Waals surface area (Å²) in [5.41, 5.74) is 0. The molecule has 0 aromatic carbocycles. The summed E-state index contributed by atoms with van der Waals surface area (Å²) in [6, 6.07) is 0. The second kappa shape index (κ2) is 4.57. The fourth-order valence-electron chi connectivity index (χ4n) is 0.548. The molecule has 1 atom stereocenters. The molecule has 0 unspecified atom stereocenters. The summed E-state index contributed by atoms with van der Waals surface area (Å²) in [7, 11) is 0. The molecule has 0 heterocycles. The van der Waals surface area contributed by atoms with Crippen LogP contribution in [0.3, 0.4) is 0 Å². The van der Waals surface area contributed by atoms with Crippen molar-refractivity contribution in [2.45, 2.75) is 33.3 Å². The summed E-state index contributed by atoms with van der Waals surface area (Å²) in [6.07, 6.45) is 4.71. The Morgan fingerprint density at radius 1 is 1.33 bits per heavy atom. The average Bonchev–Trinajstić information content (AvgIpc) is 1.63. The van der Waals surface area contributed by atoms with Gasteiger partial charge in [-0.1, -0.05) is 26.0 Å². The third-order valence-corrected chi connectivity index (χ3v) is 0.998. The van der Waals surface area contributed by atoms with Crippen molar-refractivity contribution in [1.29, 1.82) is 0 Å². The number of aliphatic hydroxyl groups excluding tert-OH is 1. The lowest BCUT2D eigenvalue weighted by atomic mass is 10.2. The zero-order chi connectivity index (χ0) is 7.28. The minimum absolute atomic E-state index is 0.194. The van der Waals surface area contributed by atoms with Crippen LogP contribution in [0.15, 0.2) is 12.2 Å². The molecule has 0 bridgehead atoms. The normalized spacial score (nSPS) is 15.2. The summed E-state index contributed by atoms with van der Waals surface area (Å²) in [5, 5.41) is 8.81. The number of aliphatic hydroxyl groups is 1. The van der Waals surface area contributed by atoms with E-state index in [0.717, 1.165) is 6.42 Å². The SMILES string of the molecule is CC(C)C=CC[C@@H](C)O. The van der Waals surface area contributed by atoms with E-state index >= 15 is 0 Å². The van der Waals surface area contributed by atoms with E-state index in [4.69, 9.17) is 5.11 Å². The van der Waals surface area contributed by atoms with Crippen molar-refractivity contribution in [2.75, 3.05) is 0 Å². The Morgan fingerprint density at radius 2 is 1.89 bits per heavy atom. The highest BCUT2D eigenvalue weighted by Crippen LogP contribution is 1.97. The first-order valence-electron chi connectivity index (χ1n) is 3.47. The molecule has 1 nitrogen and oxygen atoms in total. The maximum atomic E-state index is 8.81. The smallest absolute Gasteiger partial charge is 0.0546 e.